The van der Waals surface area contributed by atoms with Crippen molar-refractivity contribution in [2.75, 3.05) is 26.2 Å². The highest BCUT2D eigenvalue weighted by Gasteiger charge is 1.92. The van der Waals surface area contributed by atoms with Crippen molar-refractivity contribution in [3.63, 3.8) is 0 Å². The van der Waals surface area contributed by atoms with Crippen LogP contribution in [0.2, 0.25) is 5.02 Å². The summed E-state index contributed by atoms with van der Waals surface area (Å²) in [5.74, 6) is 0. The summed E-state index contributed by atoms with van der Waals surface area (Å²) < 4.78 is 0. The molecule has 1 aromatic rings. The van der Waals surface area contributed by atoms with Crippen molar-refractivity contribution in [3.05, 3.63) is 34.9 Å². The van der Waals surface area contributed by atoms with Crippen molar-refractivity contribution < 1.29 is 5.11 Å². The van der Waals surface area contributed by atoms with Gasteiger partial charge in [0.15, 0.2) is 0 Å². The average molecular weight is 302 g/mol. The second-order valence-electron chi connectivity index (χ2n) is 3.28. The van der Waals surface area contributed by atoms with E-state index in [1.54, 1.807) is 0 Å². The number of aliphatic hydroxyl groups excluding tert-OH is 1. The lowest BCUT2D eigenvalue weighted by Crippen LogP contribution is -2.28. The van der Waals surface area contributed by atoms with Gasteiger partial charge in [0.25, 0.3) is 0 Å². The van der Waals surface area contributed by atoms with Gasteiger partial charge < -0.3 is 15.7 Å². The number of rotatable bonds is 7. The minimum Gasteiger partial charge on any atom is -0.395 e. The summed E-state index contributed by atoms with van der Waals surface area (Å²) >= 11 is 5.78. The molecule has 0 saturated carbocycles. The maximum Gasteiger partial charge on any atom is 0.0555 e. The molecular formula is C11H19Cl3N2O. The SMILES string of the molecule is Cl.Cl.OCCNCCNCc1ccc(Cl)cc1. The quantitative estimate of drug-likeness (QED) is 0.674. The molecule has 0 amide bonds. The van der Waals surface area contributed by atoms with Crippen LogP contribution in [-0.2, 0) is 6.54 Å². The molecule has 100 valence electrons. The largest absolute Gasteiger partial charge is 0.395 e. The van der Waals surface area contributed by atoms with Crippen molar-refractivity contribution in [2.24, 2.45) is 0 Å². The smallest absolute Gasteiger partial charge is 0.0555 e. The lowest BCUT2D eigenvalue weighted by molar-refractivity contribution is 0.292. The van der Waals surface area contributed by atoms with Crippen molar-refractivity contribution >= 4 is 36.4 Å². The first-order valence-corrected chi connectivity index (χ1v) is 5.47. The molecule has 17 heavy (non-hydrogen) atoms. The Labute approximate surface area is 120 Å². The van der Waals surface area contributed by atoms with E-state index in [9.17, 15) is 0 Å². The number of hydrogen-bond acceptors (Lipinski definition) is 3. The standard InChI is InChI=1S/C11H17ClN2O.2ClH/c12-11-3-1-10(2-4-11)9-14-6-5-13-7-8-15;;/h1-4,13-15H,5-9H2;2*1H. The molecule has 0 aliphatic heterocycles. The minimum absolute atomic E-state index is 0. The third kappa shape index (κ3) is 9.65. The highest BCUT2D eigenvalue weighted by Crippen LogP contribution is 2.08. The predicted octanol–water partition coefficient (Wildman–Crippen LogP) is 1.86. The number of hydrogen-bond donors (Lipinski definition) is 3. The summed E-state index contributed by atoms with van der Waals surface area (Å²) in [5.41, 5.74) is 1.22. The molecule has 1 aromatic carbocycles. The van der Waals surface area contributed by atoms with E-state index < -0.39 is 0 Å². The normalized spacial score (nSPS) is 9.29. The zero-order valence-corrected chi connectivity index (χ0v) is 11.9. The molecule has 0 fully saturated rings. The van der Waals surface area contributed by atoms with Crippen molar-refractivity contribution in [2.45, 2.75) is 6.54 Å². The van der Waals surface area contributed by atoms with E-state index in [1.807, 2.05) is 24.3 Å². The maximum absolute atomic E-state index is 8.53. The van der Waals surface area contributed by atoms with E-state index in [4.69, 9.17) is 16.7 Å². The lowest BCUT2D eigenvalue weighted by atomic mass is 10.2. The van der Waals surface area contributed by atoms with Crippen molar-refractivity contribution in [3.8, 4) is 0 Å². The van der Waals surface area contributed by atoms with Crippen molar-refractivity contribution in [1.82, 2.24) is 10.6 Å². The summed E-state index contributed by atoms with van der Waals surface area (Å²) in [6.07, 6.45) is 0. The molecule has 1 rings (SSSR count). The summed E-state index contributed by atoms with van der Waals surface area (Å²) in [4.78, 5) is 0. The fraction of sp³-hybridized carbons (Fsp3) is 0.455. The van der Waals surface area contributed by atoms with Gasteiger partial charge in [-0.05, 0) is 17.7 Å². The van der Waals surface area contributed by atoms with Crippen LogP contribution >= 0.6 is 36.4 Å². The van der Waals surface area contributed by atoms with E-state index in [0.717, 1.165) is 24.7 Å². The van der Waals surface area contributed by atoms with Gasteiger partial charge in [-0.2, -0.15) is 0 Å². The van der Waals surface area contributed by atoms with Crippen LogP contribution in [0.25, 0.3) is 0 Å². The first-order chi connectivity index (χ1) is 7.33. The van der Waals surface area contributed by atoms with Gasteiger partial charge in [-0.3, -0.25) is 0 Å². The van der Waals surface area contributed by atoms with E-state index in [1.165, 1.54) is 5.56 Å². The van der Waals surface area contributed by atoms with E-state index in [0.29, 0.717) is 6.54 Å². The molecule has 0 aromatic heterocycles. The number of benzene rings is 1. The van der Waals surface area contributed by atoms with Gasteiger partial charge in [-0.25, -0.2) is 0 Å². The Bertz CT molecular complexity index is 270. The summed E-state index contributed by atoms with van der Waals surface area (Å²) in [6.45, 7) is 3.45. The van der Waals surface area contributed by atoms with Crippen LogP contribution < -0.4 is 10.6 Å². The zero-order valence-electron chi connectivity index (χ0n) is 9.49. The number of nitrogens with one attached hydrogen (secondary N) is 2. The highest BCUT2D eigenvalue weighted by molar-refractivity contribution is 6.30. The van der Waals surface area contributed by atoms with E-state index >= 15 is 0 Å². The van der Waals surface area contributed by atoms with Crippen LogP contribution in [0.1, 0.15) is 5.56 Å². The number of halogens is 3. The van der Waals surface area contributed by atoms with Gasteiger partial charge in [0.1, 0.15) is 0 Å². The highest BCUT2D eigenvalue weighted by atomic mass is 35.5. The van der Waals surface area contributed by atoms with E-state index in [2.05, 4.69) is 10.6 Å². The minimum atomic E-state index is 0. The fourth-order valence-corrected chi connectivity index (χ4v) is 1.34. The molecule has 0 atom stereocenters. The first kappa shape index (κ1) is 19.3. The molecule has 0 saturated heterocycles. The Hall–Kier alpha value is -0.0300. The molecular weight excluding hydrogens is 282 g/mol. The van der Waals surface area contributed by atoms with Gasteiger partial charge >= 0.3 is 0 Å². The van der Waals surface area contributed by atoms with Gasteiger partial charge in [0, 0.05) is 31.2 Å². The molecule has 3 N–H and O–H groups in total. The zero-order chi connectivity index (χ0) is 10.9. The predicted molar refractivity (Wildman–Crippen MR) is 77.6 cm³/mol. The summed E-state index contributed by atoms with van der Waals surface area (Å²) in [6, 6.07) is 7.80. The second-order valence-corrected chi connectivity index (χ2v) is 3.71. The lowest BCUT2D eigenvalue weighted by Gasteiger charge is -2.05. The Balaban J connectivity index is 0. The molecule has 3 nitrogen and oxygen atoms in total. The van der Waals surface area contributed by atoms with Crippen LogP contribution in [0, 0.1) is 0 Å². The topological polar surface area (TPSA) is 44.3 Å². The van der Waals surface area contributed by atoms with Crippen LogP contribution in [0.3, 0.4) is 0 Å². The molecule has 0 heterocycles. The molecule has 6 heteroatoms. The fourth-order valence-electron chi connectivity index (χ4n) is 1.22. The van der Waals surface area contributed by atoms with Gasteiger partial charge in [0.05, 0.1) is 6.61 Å². The average Bonchev–Trinajstić information content (AvgIpc) is 2.26. The van der Waals surface area contributed by atoms with Crippen LogP contribution in [0.5, 0.6) is 0 Å². The summed E-state index contributed by atoms with van der Waals surface area (Å²) in [5, 5.41) is 15.7. The van der Waals surface area contributed by atoms with Crippen LogP contribution in [0.4, 0.5) is 0 Å². The monoisotopic (exact) mass is 300 g/mol. The maximum atomic E-state index is 8.53. The molecule has 0 aliphatic carbocycles. The summed E-state index contributed by atoms with van der Waals surface area (Å²) in [7, 11) is 0. The third-order valence-corrected chi connectivity index (χ3v) is 2.26. The molecule has 0 radical (unpaired) electrons. The Kier molecular flexibility index (Phi) is 14.1. The molecule has 0 spiro atoms. The first-order valence-electron chi connectivity index (χ1n) is 5.09. The molecule has 0 bridgehead atoms. The Morgan fingerprint density at radius 2 is 1.53 bits per heavy atom. The Morgan fingerprint density at radius 1 is 0.941 bits per heavy atom. The van der Waals surface area contributed by atoms with Gasteiger partial charge in [-0.1, -0.05) is 23.7 Å². The molecule has 0 aliphatic rings. The van der Waals surface area contributed by atoms with Gasteiger partial charge in [-0.15, -0.1) is 24.8 Å². The van der Waals surface area contributed by atoms with Crippen molar-refractivity contribution in [1.29, 1.82) is 0 Å². The van der Waals surface area contributed by atoms with Crippen LogP contribution in [-0.4, -0.2) is 31.3 Å². The molecule has 0 unspecified atom stereocenters. The third-order valence-electron chi connectivity index (χ3n) is 2.01. The Morgan fingerprint density at radius 3 is 2.12 bits per heavy atom. The van der Waals surface area contributed by atoms with Gasteiger partial charge in [0.2, 0.25) is 0 Å². The van der Waals surface area contributed by atoms with Crippen LogP contribution in [0.15, 0.2) is 24.3 Å². The second kappa shape index (κ2) is 12.4. The van der Waals surface area contributed by atoms with E-state index in [-0.39, 0.29) is 31.4 Å². The number of aliphatic hydroxyl groups is 1.